The van der Waals surface area contributed by atoms with E-state index in [-0.39, 0.29) is 10.9 Å². The molecule has 1 unspecified atom stereocenters. The lowest BCUT2D eigenvalue weighted by Crippen LogP contribution is -2.43. The highest BCUT2D eigenvalue weighted by molar-refractivity contribution is 9.11. The van der Waals surface area contributed by atoms with Crippen molar-refractivity contribution in [2.75, 3.05) is 13.6 Å². The third-order valence-corrected chi connectivity index (χ3v) is 6.79. The van der Waals surface area contributed by atoms with Gasteiger partial charge in [0.25, 0.3) is 0 Å². The first-order valence-corrected chi connectivity index (χ1v) is 9.03. The maximum Gasteiger partial charge on any atom is 0.244 e. The second kappa shape index (κ2) is 5.81. The summed E-state index contributed by atoms with van der Waals surface area (Å²) in [6.07, 6.45) is 2.11. The number of sulfonamides is 1. The number of rotatable bonds is 5. The van der Waals surface area contributed by atoms with Crippen molar-refractivity contribution >= 4 is 41.9 Å². The Labute approximate surface area is 130 Å². The molecule has 1 aromatic carbocycles. The van der Waals surface area contributed by atoms with Gasteiger partial charge in [-0.3, -0.25) is 0 Å². The van der Waals surface area contributed by atoms with E-state index in [0.717, 1.165) is 17.3 Å². The molecule has 0 aromatic heterocycles. The van der Waals surface area contributed by atoms with Gasteiger partial charge in [-0.2, -0.15) is 4.31 Å². The molecule has 0 spiro atoms. The first-order valence-electron chi connectivity index (χ1n) is 6.01. The summed E-state index contributed by atoms with van der Waals surface area (Å²) in [7, 11) is -1.92. The van der Waals surface area contributed by atoms with Crippen LogP contribution in [0.3, 0.4) is 0 Å². The largest absolute Gasteiger partial charge is 0.329 e. The van der Waals surface area contributed by atoms with Crippen LogP contribution in [0.5, 0.6) is 0 Å². The molecule has 0 bridgehead atoms. The van der Waals surface area contributed by atoms with Crippen molar-refractivity contribution in [3.8, 4) is 0 Å². The number of likely N-dealkylation sites (N-methyl/N-ethyl adjacent to an activating group) is 1. The fourth-order valence-electron chi connectivity index (χ4n) is 2.13. The highest BCUT2D eigenvalue weighted by Crippen LogP contribution is 2.37. The Balaban J connectivity index is 2.38. The molecule has 1 aromatic rings. The third-order valence-electron chi connectivity index (χ3n) is 3.42. The zero-order valence-corrected chi connectivity index (χ0v) is 14.5. The molecule has 1 aliphatic rings. The zero-order valence-electron chi connectivity index (χ0n) is 10.5. The summed E-state index contributed by atoms with van der Waals surface area (Å²) >= 11 is 6.61. The van der Waals surface area contributed by atoms with Crippen molar-refractivity contribution in [2.24, 2.45) is 11.7 Å². The molecule has 0 heterocycles. The minimum absolute atomic E-state index is 0.115. The predicted molar refractivity (Wildman–Crippen MR) is 82.4 cm³/mol. The first kappa shape index (κ1) is 15.4. The molecule has 1 atom stereocenters. The van der Waals surface area contributed by atoms with E-state index < -0.39 is 10.0 Å². The average Bonchev–Trinajstić information content (AvgIpc) is 3.17. The molecule has 1 aliphatic carbocycles. The van der Waals surface area contributed by atoms with Crippen molar-refractivity contribution in [3.05, 3.63) is 27.1 Å². The van der Waals surface area contributed by atoms with Crippen LogP contribution in [0, 0.1) is 5.92 Å². The molecule has 0 radical (unpaired) electrons. The normalized spacial score (nSPS) is 17.7. The molecule has 19 heavy (non-hydrogen) atoms. The van der Waals surface area contributed by atoms with E-state index in [9.17, 15) is 8.42 Å². The molecule has 0 amide bonds. The molecule has 1 saturated carbocycles. The quantitative estimate of drug-likeness (QED) is 0.809. The van der Waals surface area contributed by atoms with E-state index in [0.29, 0.717) is 16.9 Å². The van der Waals surface area contributed by atoms with Gasteiger partial charge in [0.15, 0.2) is 0 Å². The van der Waals surface area contributed by atoms with Crippen molar-refractivity contribution < 1.29 is 8.42 Å². The molecular formula is C12H16Br2N2O2S. The van der Waals surface area contributed by atoms with Crippen LogP contribution in [0.1, 0.15) is 12.8 Å². The molecule has 7 heteroatoms. The van der Waals surface area contributed by atoms with Crippen LogP contribution in [0.2, 0.25) is 0 Å². The Bertz CT molecular complexity index is 573. The van der Waals surface area contributed by atoms with E-state index >= 15 is 0 Å². The van der Waals surface area contributed by atoms with Crippen LogP contribution in [0.4, 0.5) is 0 Å². The molecule has 2 N–H and O–H groups in total. The minimum Gasteiger partial charge on any atom is -0.329 e. The fourth-order valence-corrected chi connectivity index (χ4v) is 5.02. The summed E-state index contributed by atoms with van der Waals surface area (Å²) in [6.45, 7) is 0.353. The van der Waals surface area contributed by atoms with E-state index in [1.807, 2.05) is 0 Å². The summed E-state index contributed by atoms with van der Waals surface area (Å²) in [5.74, 6) is 0.399. The smallest absolute Gasteiger partial charge is 0.244 e. The summed E-state index contributed by atoms with van der Waals surface area (Å²) in [6, 6.07) is 5.01. The first-order chi connectivity index (χ1) is 8.87. The van der Waals surface area contributed by atoms with Crippen molar-refractivity contribution in [2.45, 2.75) is 23.8 Å². The standard InChI is InChI=1S/C12H16Br2N2O2S/c1-16(11(7-15)8-2-3-8)19(17,18)12-6-9(13)4-5-10(12)14/h4-6,8,11H,2-3,7,15H2,1H3. The highest BCUT2D eigenvalue weighted by Gasteiger charge is 2.38. The van der Waals surface area contributed by atoms with Crippen LogP contribution >= 0.6 is 31.9 Å². The van der Waals surface area contributed by atoms with Gasteiger partial charge in [-0.25, -0.2) is 8.42 Å². The molecule has 0 aliphatic heterocycles. The lowest BCUT2D eigenvalue weighted by Gasteiger charge is -2.26. The third kappa shape index (κ3) is 3.21. The molecular weight excluding hydrogens is 396 g/mol. The molecule has 2 rings (SSSR count). The maximum absolute atomic E-state index is 12.7. The Morgan fingerprint density at radius 2 is 2.05 bits per heavy atom. The molecule has 1 fully saturated rings. The zero-order chi connectivity index (χ0) is 14.2. The number of nitrogens with zero attached hydrogens (tertiary/aromatic N) is 1. The topological polar surface area (TPSA) is 63.4 Å². The number of halogens is 2. The van der Waals surface area contributed by atoms with Crippen LogP contribution in [0.15, 0.2) is 32.0 Å². The van der Waals surface area contributed by atoms with Gasteiger partial charge in [-0.1, -0.05) is 15.9 Å². The fraction of sp³-hybridized carbons (Fsp3) is 0.500. The van der Waals surface area contributed by atoms with Crippen molar-refractivity contribution in [1.82, 2.24) is 4.31 Å². The van der Waals surface area contributed by atoms with Gasteiger partial charge in [0, 0.05) is 28.6 Å². The van der Waals surface area contributed by atoms with Crippen LogP contribution < -0.4 is 5.73 Å². The van der Waals surface area contributed by atoms with Gasteiger partial charge < -0.3 is 5.73 Å². The van der Waals surface area contributed by atoms with Gasteiger partial charge in [-0.15, -0.1) is 0 Å². The van der Waals surface area contributed by atoms with E-state index in [4.69, 9.17) is 5.73 Å². The Morgan fingerprint density at radius 3 is 2.58 bits per heavy atom. The van der Waals surface area contributed by atoms with Crippen LogP contribution in [0.25, 0.3) is 0 Å². The van der Waals surface area contributed by atoms with E-state index in [1.165, 1.54) is 4.31 Å². The second-order valence-electron chi connectivity index (χ2n) is 4.74. The predicted octanol–water partition coefficient (Wildman–Crippen LogP) is 2.57. The van der Waals surface area contributed by atoms with Crippen LogP contribution in [-0.4, -0.2) is 32.4 Å². The van der Waals surface area contributed by atoms with Gasteiger partial charge in [-0.05, 0) is 52.9 Å². The average molecular weight is 412 g/mol. The summed E-state index contributed by atoms with van der Waals surface area (Å²) < 4.78 is 28.0. The van der Waals surface area contributed by atoms with Crippen molar-refractivity contribution in [1.29, 1.82) is 0 Å². The SMILES string of the molecule is CN(C(CN)C1CC1)S(=O)(=O)c1cc(Br)ccc1Br. The lowest BCUT2D eigenvalue weighted by atomic mass is 10.2. The van der Waals surface area contributed by atoms with Gasteiger partial charge >= 0.3 is 0 Å². The molecule has 0 saturated heterocycles. The maximum atomic E-state index is 12.7. The Kier molecular flexibility index (Phi) is 4.72. The van der Waals surface area contributed by atoms with Crippen molar-refractivity contribution in [3.63, 3.8) is 0 Å². The molecule has 4 nitrogen and oxygen atoms in total. The van der Waals surface area contributed by atoms with Gasteiger partial charge in [0.1, 0.15) is 0 Å². The van der Waals surface area contributed by atoms with E-state index in [2.05, 4.69) is 31.9 Å². The second-order valence-corrected chi connectivity index (χ2v) is 8.47. The Morgan fingerprint density at radius 1 is 1.42 bits per heavy atom. The number of benzene rings is 1. The summed E-state index contributed by atoms with van der Waals surface area (Å²) in [4.78, 5) is 0.267. The molecule has 106 valence electrons. The monoisotopic (exact) mass is 410 g/mol. The summed E-state index contributed by atoms with van der Waals surface area (Å²) in [5.41, 5.74) is 5.73. The minimum atomic E-state index is -3.53. The Hall–Kier alpha value is 0.0500. The van der Waals surface area contributed by atoms with Gasteiger partial charge in [0.05, 0.1) is 4.90 Å². The number of hydrogen-bond acceptors (Lipinski definition) is 3. The van der Waals surface area contributed by atoms with Crippen LogP contribution in [-0.2, 0) is 10.0 Å². The number of hydrogen-bond donors (Lipinski definition) is 1. The lowest BCUT2D eigenvalue weighted by molar-refractivity contribution is 0.340. The van der Waals surface area contributed by atoms with Gasteiger partial charge in [0.2, 0.25) is 10.0 Å². The summed E-state index contributed by atoms with van der Waals surface area (Å²) in [5, 5.41) is 0. The highest BCUT2D eigenvalue weighted by atomic mass is 79.9. The number of nitrogens with two attached hydrogens (primary N) is 1. The van der Waals surface area contributed by atoms with E-state index in [1.54, 1.807) is 25.2 Å².